The molecule has 0 spiro atoms. The number of rotatable bonds is 5. The molecule has 2 rings (SSSR count). The monoisotopic (exact) mass is 293 g/mol. The second-order valence-electron chi connectivity index (χ2n) is 4.31. The lowest BCUT2D eigenvalue weighted by atomic mass is 10.2. The van der Waals surface area contributed by atoms with Crippen molar-refractivity contribution in [3.8, 4) is 5.75 Å². The zero-order valence-electron chi connectivity index (χ0n) is 11.3. The number of nitrogens with zero attached hydrogens (tertiary/aromatic N) is 1. The lowest BCUT2D eigenvalue weighted by Crippen LogP contribution is -2.19. The van der Waals surface area contributed by atoms with E-state index in [0.717, 1.165) is 10.6 Å². The fraction of sp³-hybridized carbons (Fsp3) is 0.286. The predicted molar refractivity (Wildman–Crippen MR) is 76.9 cm³/mol. The van der Waals surface area contributed by atoms with Gasteiger partial charge >= 0.3 is 10.8 Å². The van der Waals surface area contributed by atoms with Crippen LogP contribution in [0.4, 0.5) is 0 Å². The van der Waals surface area contributed by atoms with Crippen LogP contribution in [0.1, 0.15) is 20.9 Å². The maximum absolute atomic E-state index is 11.7. The number of aryl methyl sites for hydroxylation is 1. The number of benzene rings is 1. The van der Waals surface area contributed by atoms with Crippen LogP contribution in [0.5, 0.6) is 5.75 Å². The molecule has 5 nitrogen and oxygen atoms in total. The summed E-state index contributed by atoms with van der Waals surface area (Å²) in [5.74, 6) is -0.710. The SMILES string of the molecule is Cc1sc(=O)n(CCOc2ccccc2C(=O)O)c1C. The van der Waals surface area contributed by atoms with Crippen LogP contribution in [-0.4, -0.2) is 22.2 Å². The first-order valence-corrected chi connectivity index (χ1v) is 6.94. The molecule has 6 heteroatoms. The van der Waals surface area contributed by atoms with Crippen LogP contribution in [0.15, 0.2) is 29.1 Å². The fourth-order valence-corrected chi connectivity index (χ4v) is 2.72. The fourth-order valence-electron chi connectivity index (χ4n) is 1.86. The molecule has 0 unspecified atom stereocenters. The Morgan fingerprint density at radius 1 is 1.35 bits per heavy atom. The Labute approximate surface area is 120 Å². The molecule has 1 N–H and O–H groups in total. The number of para-hydroxylation sites is 1. The van der Waals surface area contributed by atoms with Gasteiger partial charge in [-0.3, -0.25) is 9.36 Å². The summed E-state index contributed by atoms with van der Waals surface area (Å²) < 4.78 is 7.13. The van der Waals surface area contributed by atoms with E-state index in [0.29, 0.717) is 12.3 Å². The summed E-state index contributed by atoms with van der Waals surface area (Å²) >= 11 is 1.21. The predicted octanol–water partition coefficient (Wildman–Crippen LogP) is 2.30. The standard InChI is InChI=1S/C14H15NO4S/c1-9-10(2)20-14(18)15(9)7-8-19-12-6-4-3-5-11(12)13(16)17/h3-6H,7-8H2,1-2H3,(H,16,17). The van der Waals surface area contributed by atoms with E-state index in [4.69, 9.17) is 9.84 Å². The molecular weight excluding hydrogens is 278 g/mol. The van der Waals surface area contributed by atoms with Crippen LogP contribution < -0.4 is 9.61 Å². The Kier molecular flexibility index (Phi) is 4.24. The van der Waals surface area contributed by atoms with E-state index in [1.165, 1.54) is 17.4 Å². The van der Waals surface area contributed by atoms with Gasteiger partial charge in [0.2, 0.25) is 0 Å². The normalized spacial score (nSPS) is 10.5. The highest BCUT2D eigenvalue weighted by molar-refractivity contribution is 7.09. The van der Waals surface area contributed by atoms with E-state index in [2.05, 4.69) is 0 Å². The van der Waals surface area contributed by atoms with Crippen LogP contribution in [0.25, 0.3) is 0 Å². The van der Waals surface area contributed by atoms with E-state index in [-0.39, 0.29) is 17.0 Å². The van der Waals surface area contributed by atoms with Gasteiger partial charge in [0.1, 0.15) is 17.9 Å². The molecule has 1 aromatic carbocycles. The van der Waals surface area contributed by atoms with E-state index in [9.17, 15) is 9.59 Å². The maximum Gasteiger partial charge on any atom is 0.339 e. The average Bonchev–Trinajstić information content (AvgIpc) is 2.65. The van der Waals surface area contributed by atoms with Crippen molar-refractivity contribution in [3.63, 3.8) is 0 Å². The second kappa shape index (κ2) is 5.92. The second-order valence-corrected chi connectivity index (χ2v) is 5.48. The van der Waals surface area contributed by atoms with Crippen LogP contribution in [-0.2, 0) is 6.54 Å². The summed E-state index contributed by atoms with van der Waals surface area (Å²) in [6.07, 6.45) is 0. The molecule has 0 aliphatic heterocycles. The number of ether oxygens (including phenoxy) is 1. The molecule has 0 saturated carbocycles. The molecule has 0 aliphatic rings. The highest BCUT2D eigenvalue weighted by Gasteiger charge is 2.11. The van der Waals surface area contributed by atoms with Gasteiger partial charge in [-0.05, 0) is 26.0 Å². The Morgan fingerprint density at radius 3 is 2.65 bits per heavy atom. The molecule has 0 radical (unpaired) electrons. The van der Waals surface area contributed by atoms with Crippen molar-refractivity contribution in [2.45, 2.75) is 20.4 Å². The Balaban J connectivity index is 2.07. The van der Waals surface area contributed by atoms with Crippen molar-refractivity contribution in [1.29, 1.82) is 0 Å². The zero-order chi connectivity index (χ0) is 14.7. The Hall–Kier alpha value is -2.08. The van der Waals surface area contributed by atoms with Gasteiger partial charge in [0.05, 0.1) is 6.54 Å². The van der Waals surface area contributed by atoms with Crippen LogP contribution in [0.3, 0.4) is 0 Å². The van der Waals surface area contributed by atoms with E-state index in [1.54, 1.807) is 22.8 Å². The van der Waals surface area contributed by atoms with Crippen LogP contribution in [0, 0.1) is 13.8 Å². The number of hydrogen-bond acceptors (Lipinski definition) is 4. The van der Waals surface area contributed by atoms with Gasteiger partial charge in [-0.15, -0.1) is 0 Å². The molecule has 0 aliphatic carbocycles. The number of aromatic nitrogens is 1. The molecule has 0 fully saturated rings. The third kappa shape index (κ3) is 2.91. The lowest BCUT2D eigenvalue weighted by Gasteiger charge is -2.10. The molecule has 0 atom stereocenters. The molecule has 0 bridgehead atoms. The largest absolute Gasteiger partial charge is 0.491 e. The van der Waals surface area contributed by atoms with E-state index < -0.39 is 5.97 Å². The van der Waals surface area contributed by atoms with Gasteiger partial charge in [0.25, 0.3) is 0 Å². The maximum atomic E-state index is 11.7. The molecule has 1 heterocycles. The Morgan fingerprint density at radius 2 is 2.05 bits per heavy atom. The number of hydrogen-bond donors (Lipinski definition) is 1. The molecule has 106 valence electrons. The third-order valence-electron chi connectivity index (χ3n) is 3.07. The molecule has 0 amide bonds. The van der Waals surface area contributed by atoms with Gasteiger partial charge in [-0.25, -0.2) is 4.79 Å². The number of thiazole rings is 1. The van der Waals surface area contributed by atoms with Gasteiger partial charge in [0.15, 0.2) is 0 Å². The Bertz CT molecular complexity index is 687. The number of carbonyl (C=O) groups is 1. The summed E-state index contributed by atoms with van der Waals surface area (Å²) in [4.78, 5) is 23.7. The van der Waals surface area contributed by atoms with Gasteiger partial charge in [0, 0.05) is 10.6 Å². The number of aromatic carboxylic acids is 1. The van der Waals surface area contributed by atoms with Crippen LogP contribution in [0.2, 0.25) is 0 Å². The minimum Gasteiger partial charge on any atom is -0.491 e. The third-order valence-corrected chi connectivity index (χ3v) is 4.06. The number of carboxylic acid groups (broad SMARTS) is 1. The van der Waals surface area contributed by atoms with Gasteiger partial charge in [-0.2, -0.15) is 0 Å². The lowest BCUT2D eigenvalue weighted by molar-refractivity contribution is 0.0692. The van der Waals surface area contributed by atoms with Gasteiger partial charge < -0.3 is 9.84 Å². The summed E-state index contributed by atoms with van der Waals surface area (Å²) in [5, 5.41) is 9.04. The van der Waals surface area contributed by atoms with Crippen molar-refractivity contribution in [1.82, 2.24) is 4.57 Å². The van der Waals surface area contributed by atoms with Crippen LogP contribution >= 0.6 is 11.3 Å². The van der Waals surface area contributed by atoms with Crippen molar-refractivity contribution in [3.05, 3.63) is 50.1 Å². The van der Waals surface area contributed by atoms with Crippen molar-refractivity contribution >= 4 is 17.3 Å². The quantitative estimate of drug-likeness (QED) is 0.918. The first kappa shape index (κ1) is 14.3. The van der Waals surface area contributed by atoms with Crippen molar-refractivity contribution < 1.29 is 14.6 Å². The molecule has 0 saturated heterocycles. The summed E-state index contributed by atoms with van der Waals surface area (Å²) in [6, 6.07) is 6.46. The van der Waals surface area contributed by atoms with Gasteiger partial charge in [-0.1, -0.05) is 23.5 Å². The molecule has 2 aromatic rings. The van der Waals surface area contributed by atoms with E-state index >= 15 is 0 Å². The zero-order valence-corrected chi connectivity index (χ0v) is 12.1. The topological polar surface area (TPSA) is 68.5 Å². The number of carboxylic acids is 1. The smallest absolute Gasteiger partial charge is 0.339 e. The van der Waals surface area contributed by atoms with E-state index in [1.807, 2.05) is 13.8 Å². The molecular formula is C14H15NO4S. The highest BCUT2D eigenvalue weighted by Crippen LogP contribution is 2.18. The summed E-state index contributed by atoms with van der Waals surface area (Å²) in [5.41, 5.74) is 1.05. The average molecular weight is 293 g/mol. The minimum absolute atomic E-state index is 0.0184. The minimum atomic E-state index is -1.03. The molecule has 1 aromatic heterocycles. The summed E-state index contributed by atoms with van der Waals surface area (Å²) in [7, 11) is 0. The first-order chi connectivity index (χ1) is 9.50. The van der Waals surface area contributed by atoms with Crippen molar-refractivity contribution in [2.75, 3.05) is 6.61 Å². The molecule has 20 heavy (non-hydrogen) atoms. The summed E-state index contributed by atoms with van der Waals surface area (Å²) in [6.45, 7) is 4.45. The van der Waals surface area contributed by atoms with Crippen molar-refractivity contribution in [2.24, 2.45) is 0 Å². The highest BCUT2D eigenvalue weighted by atomic mass is 32.1. The first-order valence-electron chi connectivity index (χ1n) is 6.12.